The van der Waals surface area contributed by atoms with Crippen LogP contribution in [0.4, 0.5) is 0 Å². The van der Waals surface area contributed by atoms with Crippen LogP contribution in [0.2, 0.25) is 0 Å². The fraction of sp³-hybridized carbons (Fsp3) is 0.267. The van der Waals surface area contributed by atoms with Gasteiger partial charge in [-0.3, -0.25) is 4.90 Å². The third-order valence-electron chi connectivity index (χ3n) is 2.72. The molecule has 2 aromatic rings. The highest BCUT2D eigenvalue weighted by molar-refractivity contribution is 5.86. The molecule has 0 aliphatic rings. The predicted molar refractivity (Wildman–Crippen MR) is 71.8 cm³/mol. The average molecular weight is 259 g/mol. The molecule has 0 saturated heterocycles. The first-order chi connectivity index (χ1) is 9.25. The molecule has 0 fully saturated rings. The van der Waals surface area contributed by atoms with Gasteiger partial charge in [0.25, 0.3) is 0 Å². The minimum atomic E-state index is -0.418. The van der Waals surface area contributed by atoms with Crippen molar-refractivity contribution in [3.63, 3.8) is 0 Å². The number of likely N-dealkylation sites (N-methyl/N-ethyl adjacent to an activating group) is 1. The van der Waals surface area contributed by atoms with Gasteiger partial charge in [-0.15, -0.1) is 0 Å². The van der Waals surface area contributed by atoms with Crippen molar-refractivity contribution in [2.75, 3.05) is 20.2 Å². The molecular formula is C15H17NO3. The minimum absolute atomic E-state index is 0.241. The van der Waals surface area contributed by atoms with E-state index in [1.807, 2.05) is 25.2 Å². The average Bonchev–Trinajstić information content (AvgIpc) is 2.93. The zero-order chi connectivity index (χ0) is 13.5. The molecule has 19 heavy (non-hydrogen) atoms. The monoisotopic (exact) mass is 259 g/mol. The van der Waals surface area contributed by atoms with E-state index in [1.54, 1.807) is 12.1 Å². The highest BCUT2D eigenvalue weighted by atomic mass is 16.5. The van der Waals surface area contributed by atoms with E-state index < -0.39 is 5.97 Å². The maximum absolute atomic E-state index is 11.5. The lowest BCUT2D eigenvalue weighted by Crippen LogP contribution is -2.24. The SMILES string of the molecule is CN(CCOC(=O)c1ccco1)Cc1ccccc1. The largest absolute Gasteiger partial charge is 0.458 e. The van der Waals surface area contributed by atoms with Gasteiger partial charge in [0, 0.05) is 13.1 Å². The summed E-state index contributed by atoms with van der Waals surface area (Å²) in [5.41, 5.74) is 1.24. The van der Waals surface area contributed by atoms with Gasteiger partial charge in [0.2, 0.25) is 5.76 Å². The molecule has 0 aliphatic heterocycles. The summed E-state index contributed by atoms with van der Waals surface area (Å²) < 4.78 is 10.1. The van der Waals surface area contributed by atoms with Crippen LogP contribution in [0.15, 0.2) is 53.1 Å². The highest BCUT2D eigenvalue weighted by Crippen LogP contribution is 2.04. The third-order valence-corrected chi connectivity index (χ3v) is 2.72. The van der Waals surface area contributed by atoms with Crippen molar-refractivity contribution in [2.24, 2.45) is 0 Å². The molecule has 0 bridgehead atoms. The van der Waals surface area contributed by atoms with E-state index in [4.69, 9.17) is 9.15 Å². The van der Waals surface area contributed by atoms with Crippen molar-refractivity contribution in [3.05, 3.63) is 60.1 Å². The summed E-state index contributed by atoms with van der Waals surface area (Å²) in [7, 11) is 1.99. The molecule has 0 atom stereocenters. The Labute approximate surface area is 112 Å². The number of benzene rings is 1. The zero-order valence-electron chi connectivity index (χ0n) is 10.9. The van der Waals surface area contributed by atoms with E-state index in [1.165, 1.54) is 11.8 Å². The van der Waals surface area contributed by atoms with Crippen LogP contribution < -0.4 is 0 Å². The Balaban J connectivity index is 1.69. The van der Waals surface area contributed by atoms with Gasteiger partial charge in [0.1, 0.15) is 6.61 Å². The van der Waals surface area contributed by atoms with Gasteiger partial charge in [-0.1, -0.05) is 30.3 Å². The number of carbonyl (C=O) groups excluding carboxylic acids is 1. The van der Waals surface area contributed by atoms with E-state index in [2.05, 4.69) is 17.0 Å². The topological polar surface area (TPSA) is 42.7 Å². The highest BCUT2D eigenvalue weighted by Gasteiger charge is 2.10. The Morgan fingerprint density at radius 3 is 2.68 bits per heavy atom. The molecule has 4 nitrogen and oxygen atoms in total. The van der Waals surface area contributed by atoms with Gasteiger partial charge >= 0.3 is 5.97 Å². The van der Waals surface area contributed by atoms with Gasteiger partial charge < -0.3 is 9.15 Å². The standard InChI is InChI=1S/C15H17NO3/c1-16(12-13-6-3-2-4-7-13)9-11-19-15(17)14-8-5-10-18-14/h2-8,10H,9,11-12H2,1H3. The summed E-state index contributed by atoms with van der Waals surface area (Å²) in [5.74, 6) is -0.177. The van der Waals surface area contributed by atoms with Gasteiger partial charge in [-0.05, 0) is 24.7 Å². The Morgan fingerprint density at radius 1 is 1.21 bits per heavy atom. The number of carbonyl (C=O) groups is 1. The molecule has 0 radical (unpaired) electrons. The number of hydrogen-bond acceptors (Lipinski definition) is 4. The predicted octanol–water partition coefficient (Wildman–Crippen LogP) is 2.57. The van der Waals surface area contributed by atoms with E-state index in [0.29, 0.717) is 13.2 Å². The summed E-state index contributed by atoms with van der Waals surface area (Å²) in [6, 6.07) is 13.4. The van der Waals surface area contributed by atoms with Crippen LogP contribution >= 0.6 is 0 Å². The molecule has 0 N–H and O–H groups in total. The molecular weight excluding hydrogens is 242 g/mol. The molecule has 0 spiro atoms. The van der Waals surface area contributed by atoms with Crippen molar-refractivity contribution in [2.45, 2.75) is 6.54 Å². The molecule has 1 heterocycles. The van der Waals surface area contributed by atoms with Crippen molar-refractivity contribution >= 4 is 5.97 Å². The van der Waals surface area contributed by atoms with Crippen LogP contribution in [-0.4, -0.2) is 31.1 Å². The number of rotatable bonds is 6. The van der Waals surface area contributed by atoms with Crippen LogP contribution in [0.5, 0.6) is 0 Å². The molecule has 2 rings (SSSR count). The lowest BCUT2D eigenvalue weighted by atomic mass is 10.2. The zero-order valence-corrected chi connectivity index (χ0v) is 10.9. The van der Waals surface area contributed by atoms with Crippen LogP contribution in [-0.2, 0) is 11.3 Å². The van der Waals surface area contributed by atoms with E-state index in [9.17, 15) is 4.79 Å². The number of esters is 1. The second-order valence-corrected chi connectivity index (χ2v) is 4.34. The van der Waals surface area contributed by atoms with E-state index >= 15 is 0 Å². The number of nitrogens with zero attached hydrogens (tertiary/aromatic N) is 1. The summed E-state index contributed by atoms with van der Waals surface area (Å²) in [5, 5.41) is 0. The van der Waals surface area contributed by atoms with Crippen LogP contribution in [0.1, 0.15) is 16.1 Å². The lowest BCUT2D eigenvalue weighted by Gasteiger charge is -2.16. The molecule has 100 valence electrons. The van der Waals surface area contributed by atoms with Crippen LogP contribution in [0.25, 0.3) is 0 Å². The first-order valence-corrected chi connectivity index (χ1v) is 6.19. The fourth-order valence-corrected chi connectivity index (χ4v) is 1.73. The van der Waals surface area contributed by atoms with Crippen LogP contribution in [0.3, 0.4) is 0 Å². The summed E-state index contributed by atoms with van der Waals surface area (Å²) >= 11 is 0. The molecule has 0 saturated carbocycles. The van der Waals surface area contributed by atoms with Gasteiger partial charge in [0.15, 0.2) is 0 Å². The molecule has 1 aromatic heterocycles. The first-order valence-electron chi connectivity index (χ1n) is 6.19. The Hall–Kier alpha value is -2.07. The molecule has 1 aromatic carbocycles. The number of ether oxygens (including phenoxy) is 1. The van der Waals surface area contributed by atoms with Crippen molar-refractivity contribution in [1.29, 1.82) is 0 Å². The van der Waals surface area contributed by atoms with Crippen molar-refractivity contribution in [1.82, 2.24) is 4.90 Å². The molecule has 4 heteroatoms. The molecule has 0 unspecified atom stereocenters. The van der Waals surface area contributed by atoms with Gasteiger partial charge in [-0.25, -0.2) is 4.79 Å². The second-order valence-electron chi connectivity index (χ2n) is 4.34. The Morgan fingerprint density at radius 2 is 2.00 bits per heavy atom. The molecule has 0 amide bonds. The van der Waals surface area contributed by atoms with Gasteiger partial charge in [0.05, 0.1) is 6.26 Å². The summed E-state index contributed by atoms with van der Waals surface area (Å²) in [6.07, 6.45) is 1.46. The van der Waals surface area contributed by atoms with E-state index in [0.717, 1.165) is 6.54 Å². The fourth-order valence-electron chi connectivity index (χ4n) is 1.73. The third kappa shape index (κ3) is 4.26. The maximum atomic E-state index is 11.5. The normalized spacial score (nSPS) is 10.6. The quantitative estimate of drug-likeness (QED) is 0.748. The Kier molecular flexibility index (Phi) is 4.75. The second kappa shape index (κ2) is 6.75. The lowest BCUT2D eigenvalue weighted by molar-refractivity contribution is 0.0435. The molecule has 0 aliphatic carbocycles. The summed E-state index contributed by atoms with van der Waals surface area (Å²) in [6.45, 7) is 1.86. The minimum Gasteiger partial charge on any atom is -0.458 e. The first kappa shape index (κ1) is 13.4. The van der Waals surface area contributed by atoms with Crippen LogP contribution in [0, 0.1) is 0 Å². The van der Waals surface area contributed by atoms with Gasteiger partial charge in [-0.2, -0.15) is 0 Å². The summed E-state index contributed by atoms with van der Waals surface area (Å²) in [4.78, 5) is 13.6. The van der Waals surface area contributed by atoms with Crippen molar-refractivity contribution in [3.8, 4) is 0 Å². The van der Waals surface area contributed by atoms with E-state index in [-0.39, 0.29) is 5.76 Å². The number of hydrogen-bond donors (Lipinski definition) is 0. The number of furan rings is 1. The maximum Gasteiger partial charge on any atom is 0.374 e. The van der Waals surface area contributed by atoms with Crippen molar-refractivity contribution < 1.29 is 13.9 Å². The Bertz CT molecular complexity index is 493. The smallest absolute Gasteiger partial charge is 0.374 e.